The minimum absolute atomic E-state index is 0.176. The van der Waals surface area contributed by atoms with Gasteiger partial charge in [-0.15, -0.1) is 0 Å². The molecule has 0 bridgehead atoms. The van der Waals surface area contributed by atoms with Gasteiger partial charge in [-0.3, -0.25) is 0 Å². The van der Waals surface area contributed by atoms with Gasteiger partial charge in [-0.25, -0.2) is 4.98 Å². The number of alkyl halides is 3. The average molecular weight is 413 g/mol. The van der Waals surface area contributed by atoms with Gasteiger partial charge in [-0.05, 0) is 29.8 Å². The minimum atomic E-state index is -4.90. The maximum absolute atomic E-state index is 13.9. The summed E-state index contributed by atoms with van der Waals surface area (Å²) in [6, 6.07) is 14.7. The molecule has 0 fully saturated rings. The van der Waals surface area contributed by atoms with Gasteiger partial charge in [-0.2, -0.15) is 18.4 Å². The number of allylic oxidation sites excluding steroid dienone is 3. The molecule has 0 unspecified atom stereocenters. The van der Waals surface area contributed by atoms with Crippen LogP contribution in [0.2, 0.25) is 0 Å². The summed E-state index contributed by atoms with van der Waals surface area (Å²) in [7, 11) is 1.47. The first kappa shape index (κ1) is 19.4. The summed E-state index contributed by atoms with van der Waals surface area (Å²) in [6.07, 6.45) is -4.90. The van der Waals surface area contributed by atoms with Gasteiger partial charge in [-0.1, -0.05) is 24.3 Å². The quantitative estimate of drug-likeness (QED) is 0.674. The van der Waals surface area contributed by atoms with Gasteiger partial charge in [0.05, 0.1) is 18.6 Å². The molecule has 1 aliphatic heterocycles. The molecular weight excluding hydrogens is 399 g/mol. The lowest BCUT2D eigenvalue weighted by atomic mass is 9.82. The molecule has 9 heteroatoms. The van der Waals surface area contributed by atoms with Crippen molar-refractivity contribution in [2.45, 2.75) is 12.1 Å². The van der Waals surface area contributed by atoms with Crippen molar-refractivity contribution in [2.24, 2.45) is 5.73 Å². The normalized spacial score (nSPS) is 17.1. The summed E-state index contributed by atoms with van der Waals surface area (Å²) in [6.45, 7) is 0. The van der Waals surface area contributed by atoms with Gasteiger partial charge < -0.3 is 19.6 Å². The Kier molecular flexibility index (Phi) is 4.62. The minimum Gasteiger partial charge on any atom is -0.497 e. The zero-order valence-corrected chi connectivity index (χ0v) is 15.5. The highest BCUT2D eigenvalue weighted by Crippen LogP contribution is 2.48. The molecule has 0 radical (unpaired) electrons. The Hall–Kier alpha value is -3.93. The number of benzene rings is 2. The molecule has 152 valence electrons. The predicted molar refractivity (Wildman–Crippen MR) is 101 cm³/mol. The highest BCUT2D eigenvalue weighted by molar-refractivity contribution is 5.81. The molecule has 6 nitrogen and oxygen atoms in total. The lowest BCUT2D eigenvalue weighted by molar-refractivity contribution is -0.124. The highest BCUT2D eigenvalue weighted by atomic mass is 19.4. The van der Waals surface area contributed by atoms with Gasteiger partial charge in [0.1, 0.15) is 22.9 Å². The van der Waals surface area contributed by atoms with Crippen LogP contribution in [0.3, 0.4) is 0 Å². The van der Waals surface area contributed by atoms with E-state index >= 15 is 0 Å². The summed E-state index contributed by atoms with van der Waals surface area (Å²) in [5.41, 5.74) is 6.15. The number of oxazole rings is 1. The summed E-state index contributed by atoms with van der Waals surface area (Å²) < 4.78 is 57.3. The zero-order valence-electron chi connectivity index (χ0n) is 15.5. The number of methoxy groups -OCH3 is 1. The molecule has 0 saturated carbocycles. The maximum atomic E-state index is 13.9. The van der Waals surface area contributed by atoms with Crippen LogP contribution in [-0.2, 0) is 4.74 Å². The van der Waals surface area contributed by atoms with Crippen molar-refractivity contribution in [3.63, 3.8) is 0 Å². The van der Waals surface area contributed by atoms with E-state index in [0.29, 0.717) is 22.4 Å². The second kappa shape index (κ2) is 7.15. The second-order valence-electron chi connectivity index (χ2n) is 6.43. The van der Waals surface area contributed by atoms with Gasteiger partial charge in [0.2, 0.25) is 17.5 Å². The summed E-state index contributed by atoms with van der Waals surface area (Å²) in [5, 5.41) is 9.64. The van der Waals surface area contributed by atoms with Gasteiger partial charge in [0.25, 0.3) is 0 Å². The van der Waals surface area contributed by atoms with Crippen molar-refractivity contribution >= 4 is 16.7 Å². The molecule has 2 heterocycles. The monoisotopic (exact) mass is 413 g/mol. The summed E-state index contributed by atoms with van der Waals surface area (Å²) in [5.74, 6) is -2.98. The van der Waals surface area contributed by atoms with Crippen molar-refractivity contribution in [1.82, 2.24) is 4.98 Å². The van der Waals surface area contributed by atoms with Crippen molar-refractivity contribution < 1.29 is 27.1 Å². The topological polar surface area (TPSA) is 94.3 Å². The fourth-order valence-corrected chi connectivity index (χ4v) is 3.31. The Balaban J connectivity index is 2.00. The number of para-hydroxylation sites is 2. The van der Waals surface area contributed by atoms with E-state index in [0.717, 1.165) is 0 Å². The predicted octanol–water partition coefficient (Wildman–Crippen LogP) is 4.62. The summed E-state index contributed by atoms with van der Waals surface area (Å²) in [4.78, 5) is 4.20. The van der Waals surface area contributed by atoms with Crippen LogP contribution in [0.4, 0.5) is 13.2 Å². The number of nitrogens with two attached hydrogens (primary N) is 1. The molecule has 4 rings (SSSR count). The van der Waals surface area contributed by atoms with Gasteiger partial charge in [0, 0.05) is 0 Å². The highest BCUT2D eigenvalue weighted by Gasteiger charge is 2.47. The Morgan fingerprint density at radius 2 is 1.83 bits per heavy atom. The molecule has 1 aromatic heterocycles. The second-order valence-corrected chi connectivity index (χ2v) is 6.43. The number of fused-ring (bicyclic) bond motifs is 1. The Labute approximate surface area is 168 Å². The fourth-order valence-electron chi connectivity index (χ4n) is 3.31. The molecule has 0 aliphatic carbocycles. The maximum Gasteiger partial charge on any atom is 0.450 e. The van der Waals surface area contributed by atoms with Crippen LogP contribution in [0.1, 0.15) is 17.4 Å². The first-order valence-corrected chi connectivity index (χ1v) is 8.72. The molecular formula is C21H14F3N3O3. The largest absolute Gasteiger partial charge is 0.497 e. The number of hydrogen-bond donors (Lipinski definition) is 1. The summed E-state index contributed by atoms with van der Waals surface area (Å²) >= 11 is 0. The van der Waals surface area contributed by atoms with Crippen molar-refractivity contribution in [3.8, 4) is 11.8 Å². The molecule has 1 aliphatic rings. The van der Waals surface area contributed by atoms with E-state index in [-0.39, 0.29) is 11.5 Å². The number of nitriles is 1. The van der Waals surface area contributed by atoms with E-state index in [1.807, 2.05) is 6.07 Å². The Bertz CT molecular complexity index is 1190. The first-order chi connectivity index (χ1) is 14.3. The van der Waals surface area contributed by atoms with Gasteiger partial charge in [0.15, 0.2) is 5.58 Å². The molecule has 2 N–H and O–H groups in total. The van der Waals surface area contributed by atoms with Crippen LogP contribution in [0, 0.1) is 11.3 Å². The third-order valence-electron chi connectivity index (χ3n) is 4.65. The molecule has 0 amide bonds. The SMILES string of the molecule is COc1ccc([C@@H]2C(C#N)=C(N)OC(C(F)(F)F)=C2c2nc3ccccc3o2)cc1. The number of hydrogen-bond acceptors (Lipinski definition) is 6. The van der Waals surface area contributed by atoms with Crippen LogP contribution in [0.25, 0.3) is 16.7 Å². The number of ether oxygens (including phenoxy) is 2. The van der Waals surface area contributed by atoms with Crippen LogP contribution in [0.15, 0.2) is 70.2 Å². The number of aromatic nitrogens is 1. The number of rotatable bonds is 3. The number of nitrogens with zero attached hydrogens (tertiary/aromatic N) is 2. The van der Waals surface area contributed by atoms with Crippen LogP contribution < -0.4 is 10.5 Å². The zero-order chi connectivity index (χ0) is 21.5. The van der Waals surface area contributed by atoms with Crippen LogP contribution in [0.5, 0.6) is 5.75 Å². The third kappa shape index (κ3) is 3.22. The number of halogens is 3. The van der Waals surface area contributed by atoms with E-state index in [4.69, 9.17) is 19.6 Å². The lowest BCUT2D eigenvalue weighted by Gasteiger charge is -2.28. The fraction of sp³-hybridized carbons (Fsp3) is 0.143. The molecule has 2 aromatic carbocycles. The van der Waals surface area contributed by atoms with E-state index in [9.17, 15) is 18.4 Å². The van der Waals surface area contributed by atoms with Crippen LogP contribution in [-0.4, -0.2) is 18.3 Å². The molecule has 1 atom stereocenters. The average Bonchev–Trinajstić information content (AvgIpc) is 3.16. The van der Waals surface area contributed by atoms with Crippen molar-refractivity contribution in [3.05, 3.63) is 77.2 Å². The molecule has 0 spiro atoms. The van der Waals surface area contributed by atoms with E-state index in [2.05, 4.69) is 4.98 Å². The molecule has 30 heavy (non-hydrogen) atoms. The Morgan fingerprint density at radius 3 is 2.43 bits per heavy atom. The van der Waals surface area contributed by atoms with Crippen molar-refractivity contribution in [2.75, 3.05) is 7.11 Å². The standard InChI is InChI=1S/C21H14F3N3O3/c1-28-12-8-6-11(7-9-12)16-13(10-25)19(26)30-18(21(22,23)24)17(16)20-27-14-4-2-3-5-15(14)29-20/h2-9,16H,26H2,1H3/t16-/m1/s1. The van der Waals surface area contributed by atoms with E-state index < -0.39 is 29.3 Å². The molecule has 0 saturated heterocycles. The third-order valence-corrected chi connectivity index (χ3v) is 4.65. The first-order valence-electron chi connectivity index (χ1n) is 8.72. The van der Waals surface area contributed by atoms with Crippen LogP contribution >= 0.6 is 0 Å². The molecule has 3 aromatic rings. The smallest absolute Gasteiger partial charge is 0.450 e. The Morgan fingerprint density at radius 1 is 1.13 bits per heavy atom. The van der Waals surface area contributed by atoms with Crippen molar-refractivity contribution in [1.29, 1.82) is 5.26 Å². The lowest BCUT2D eigenvalue weighted by Crippen LogP contribution is -2.27. The van der Waals surface area contributed by atoms with E-state index in [1.54, 1.807) is 48.5 Å². The van der Waals surface area contributed by atoms with E-state index in [1.165, 1.54) is 7.11 Å². The van der Waals surface area contributed by atoms with Gasteiger partial charge >= 0.3 is 6.18 Å².